The largest absolute Gasteiger partial charge is 0.506 e. The third kappa shape index (κ3) is 4.53. The third-order valence-electron chi connectivity index (χ3n) is 3.91. The summed E-state index contributed by atoms with van der Waals surface area (Å²) in [4.78, 5) is 0. The predicted octanol–water partition coefficient (Wildman–Crippen LogP) is 7.06. The maximum atomic E-state index is 9.86. The van der Waals surface area contributed by atoms with Gasteiger partial charge in [-0.15, -0.1) is 0 Å². The Balaban J connectivity index is 2.22. The van der Waals surface area contributed by atoms with Crippen LogP contribution in [0.1, 0.15) is 31.4 Å². The summed E-state index contributed by atoms with van der Waals surface area (Å²) >= 11 is 13.5. The average Bonchev–Trinajstić information content (AvgIpc) is 2.47. The number of rotatable bonds is 4. The molecule has 0 aliphatic carbocycles. The first-order chi connectivity index (χ1) is 10.6. The van der Waals surface area contributed by atoms with Crippen LogP contribution in [0, 0.1) is 0 Å². The Labute approximate surface area is 169 Å². The number of phenolic OH excluding ortho intramolecular Hbond substituents is 2. The molecule has 0 spiro atoms. The lowest BCUT2D eigenvalue weighted by Gasteiger charge is -2.26. The van der Waals surface area contributed by atoms with Crippen molar-refractivity contribution in [2.45, 2.75) is 32.1 Å². The van der Waals surface area contributed by atoms with E-state index in [4.69, 9.17) is 0 Å². The molecular weight excluding hydrogens is 556 g/mol. The van der Waals surface area contributed by atoms with Crippen LogP contribution in [0.25, 0.3) is 0 Å². The fraction of sp³-hybridized carbons (Fsp3) is 0.294. The maximum Gasteiger partial charge on any atom is 0.143 e. The van der Waals surface area contributed by atoms with Gasteiger partial charge in [0.25, 0.3) is 0 Å². The molecule has 2 nitrogen and oxygen atoms in total. The van der Waals surface area contributed by atoms with Crippen LogP contribution in [-0.4, -0.2) is 10.2 Å². The first-order valence-electron chi connectivity index (χ1n) is 6.97. The van der Waals surface area contributed by atoms with E-state index in [1.54, 1.807) is 0 Å². The predicted molar refractivity (Wildman–Crippen MR) is 108 cm³/mol. The van der Waals surface area contributed by atoms with Gasteiger partial charge in [-0.2, -0.15) is 0 Å². The number of hydrogen-bond donors (Lipinski definition) is 2. The minimum atomic E-state index is -0.0599. The zero-order chi connectivity index (χ0) is 17.4. The molecule has 2 aromatic carbocycles. The van der Waals surface area contributed by atoms with E-state index in [-0.39, 0.29) is 16.9 Å². The molecule has 0 aliphatic rings. The number of aryl methyl sites for hydroxylation is 1. The molecule has 2 aromatic rings. The van der Waals surface area contributed by atoms with Crippen molar-refractivity contribution < 1.29 is 10.2 Å². The lowest BCUT2D eigenvalue weighted by atomic mass is 9.79. The first-order valence-corrected chi connectivity index (χ1v) is 10.1. The quantitative estimate of drug-likeness (QED) is 0.413. The van der Waals surface area contributed by atoms with E-state index in [1.807, 2.05) is 24.3 Å². The van der Waals surface area contributed by atoms with Gasteiger partial charge in [0, 0.05) is 0 Å². The summed E-state index contributed by atoms with van der Waals surface area (Å²) in [6.45, 7) is 4.37. The molecule has 23 heavy (non-hydrogen) atoms. The van der Waals surface area contributed by atoms with E-state index in [9.17, 15) is 10.2 Å². The van der Waals surface area contributed by atoms with Gasteiger partial charge in [-0.1, -0.05) is 13.8 Å². The van der Waals surface area contributed by atoms with Gasteiger partial charge in [-0.25, -0.2) is 0 Å². The van der Waals surface area contributed by atoms with Crippen molar-refractivity contribution in [3.05, 3.63) is 53.3 Å². The minimum absolute atomic E-state index is 0.0599. The highest BCUT2D eigenvalue weighted by Gasteiger charge is 2.23. The molecule has 0 atom stereocenters. The SMILES string of the molecule is CC(C)(CCc1cc(Br)c(O)c(Br)c1)c1cc(Br)c(O)c(Br)c1. The smallest absolute Gasteiger partial charge is 0.143 e. The zero-order valence-electron chi connectivity index (χ0n) is 12.6. The van der Waals surface area contributed by atoms with E-state index in [2.05, 4.69) is 77.6 Å². The van der Waals surface area contributed by atoms with Gasteiger partial charge in [-0.3, -0.25) is 0 Å². The Bertz CT molecular complexity index is 695. The summed E-state index contributed by atoms with van der Waals surface area (Å²) < 4.78 is 2.75. The highest BCUT2D eigenvalue weighted by molar-refractivity contribution is 9.11. The van der Waals surface area contributed by atoms with E-state index in [0.29, 0.717) is 17.9 Å². The summed E-state index contributed by atoms with van der Waals surface area (Å²) in [6, 6.07) is 7.81. The van der Waals surface area contributed by atoms with Crippen LogP contribution in [0.2, 0.25) is 0 Å². The fourth-order valence-electron chi connectivity index (χ4n) is 2.32. The average molecular weight is 572 g/mol. The van der Waals surface area contributed by atoms with Crippen LogP contribution < -0.4 is 0 Å². The standard InChI is InChI=1S/C17H16Br4O2/c1-17(2,10-7-13(20)16(23)14(21)8-10)4-3-9-5-11(18)15(22)12(19)6-9/h5-8,22-23H,3-4H2,1-2H3. The van der Waals surface area contributed by atoms with Crippen molar-refractivity contribution in [2.75, 3.05) is 0 Å². The van der Waals surface area contributed by atoms with Crippen LogP contribution >= 0.6 is 63.7 Å². The Morgan fingerprint density at radius 1 is 0.783 bits per heavy atom. The van der Waals surface area contributed by atoms with E-state index < -0.39 is 0 Å². The molecule has 0 radical (unpaired) electrons. The molecule has 0 unspecified atom stereocenters. The summed E-state index contributed by atoms with van der Waals surface area (Å²) in [5, 5.41) is 19.7. The fourth-order valence-corrected chi connectivity index (χ4v) is 4.79. The van der Waals surface area contributed by atoms with Gasteiger partial charge < -0.3 is 10.2 Å². The number of phenols is 2. The Morgan fingerprint density at radius 3 is 1.61 bits per heavy atom. The summed E-state index contributed by atoms with van der Waals surface area (Å²) in [7, 11) is 0. The van der Waals surface area contributed by atoms with Gasteiger partial charge >= 0.3 is 0 Å². The normalized spacial score (nSPS) is 11.7. The first kappa shape index (κ1) is 19.3. The van der Waals surface area contributed by atoms with Crippen LogP contribution in [0.5, 0.6) is 11.5 Å². The van der Waals surface area contributed by atoms with E-state index >= 15 is 0 Å². The van der Waals surface area contributed by atoms with Crippen LogP contribution in [0.15, 0.2) is 42.2 Å². The Morgan fingerprint density at radius 2 is 1.17 bits per heavy atom. The molecule has 6 heteroatoms. The summed E-state index contributed by atoms with van der Waals surface area (Å²) in [5.74, 6) is 0.440. The van der Waals surface area contributed by atoms with Crippen LogP contribution in [-0.2, 0) is 11.8 Å². The van der Waals surface area contributed by atoms with E-state index in [1.165, 1.54) is 0 Å². The zero-order valence-corrected chi connectivity index (χ0v) is 19.0. The second kappa shape index (κ2) is 7.46. The molecule has 2 rings (SSSR count). The van der Waals surface area contributed by atoms with Crippen molar-refractivity contribution in [3.63, 3.8) is 0 Å². The molecule has 0 aromatic heterocycles. The van der Waals surface area contributed by atoms with Crippen LogP contribution in [0.4, 0.5) is 0 Å². The minimum Gasteiger partial charge on any atom is -0.506 e. The second-order valence-corrected chi connectivity index (χ2v) is 9.50. The van der Waals surface area contributed by atoms with Crippen molar-refractivity contribution in [3.8, 4) is 11.5 Å². The third-order valence-corrected chi connectivity index (χ3v) is 6.33. The topological polar surface area (TPSA) is 40.5 Å². The number of hydrogen-bond acceptors (Lipinski definition) is 2. The molecular formula is C17H16Br4O2. The molecule has 0 heterocycles. The molecule has 2 N–H and O–H groups in total. The summed E-state index contributed by atoms with van der Waals surface area (Å²) in [5.41, 5.74) is 2.23. The lowest BCUT2D eigenvalue weighted by molar-refractivity contribution is 0.459. The van der Waals surface area contributed by atoms with Crippen LogP contribution in [0.3, 0.4) is 0 Å². The van der Waals surface area contributed by atoms with E-state index in [0.717, 1.165) is 24.0 Å². The number of halogens is 4. The van der Waals surface area contributed by atoms with Gasteiger partial charge in [0.2, 0.25) is 0 Å². The second-order valence-electron chi connectivity index (χ2n) is 6.08. The Kier molecular flexibility index (Phi) is 6.26. The molecule has 0 fully saturated rings. The monoisotopic (exact) mass is 568 g/mol. The van der Waals surface area contributed by atoms with Crippen molar-refractivity contribution in [2.24, 2.45) is 0 Å². The van der Waals surface area contributed by atoms with Crippen molar-refractivity contribution >= 4 is 63.7 Å². The highest BCUT2D eigenvalue weighted by atomic mass is 79.9. The highest BCUT2D eigenvalue weighted by Crippen LogP contribution is 2.39. The van der Waals surface area contributed by atoms with Gasteiger partial charge in [0.15, 0.2) is 0 Å². The lowest BCUT2D eigenvalue weighted by Crippen LogP contribution is -2.18. The van der Waals surface area contributed by atoms with Crippen molar-refractivity contribution in [1.82, 2.24) is 0 Å². The Hall–Kier alpha value is -0.0400. The molecule has 0 bridgehead atoms. The van der Waals surface area contributed by atoms with Gasteiger partial charge in [0.1, 0.15) is 11.5 Å². The number of aromatic hydroxyl groups is 2. The van der Waals surface area contributed by atoms with Gasteiger partial charge in [-0.05, 0) is 117 Å². The molecule has 0 amide bonds. The van der Waals surface area contributed by atoms with Gasteiger partial charge in [0.05, 0.1) is 17.9 Å². The molecule has 0 saturated heterocycles. The number of benzene rings is 2. The van der Waals surface area contributed by atoms with Crippen molar-refractivity contribution in [1.29, 1.82) is 0 Å². The molecule has 0 aliphatic heterocycles. The molecule has 124 valence electrons. The maximum absolute atomic E-state index is 9.86. The molecule has 0 saturated carbocycles. The summed E-state index contributed by atoms with van der Waals surface area (Å²) in [6.07, 6.45) is 1.81.